The third kappa shape index (κ3) is 4.51. The molecule has 1 aromatic heterocycles. The number of nitrogens with zero attached hydrogens (tertiary/aromatic N) is 2. The number of furan rings is 1. The molecule has 0 fully saturated rings. The molecule has 126 valence electrons. The third-order valence-electron chi connectivity index (χ3n) is 3.35. The van der Waals surface area contributed by atoms with E-state index in [-0.39, 0.29) is 6.03 Å². The van der Waals surface area contributed by atoms with Crippen LogP contribution in [0.3, 0.4) is 0 Å². The van der Waals surface area contributed by atoms with E-state index < -0.39 is 0 Å². The maximum atomic E-state index is 12.6. The third-order valence-corrected chi connectivity index (χ3v) is 3.35. The summed E-state index contributed by atoms with van der Waals surface area (Å²) in [5, 5.41) is 11.8. The van der Waals surface area contributed by atoms with E-state index in [1.165, 1.54) is 7.11 Å². The number of nitrogens with one attached hydrogen (secondary N) is 1. The van der Waals surface area contributed by atoms with E-state index in [2.05, 4.69) is 5.32 Å². The minimum absolute atomic E-state index is 0.308. The summed E-state index contributed by atoms with van der Waals surface area (Å²) in [6.07, 6.45) is 1.56. The number of carbonyl (C=O) groups is 1. The molecule has 24 heavy (non-hydrogen) atoms. The molecule has 2 aromatic rings. The van der Waals surface area contributed by atoms with Crippen molar-refractivity contribution in [3.8, 4) is 11.8 Å². The van der Waals surface area contributed by atoms with Gasteiger partial charge in [0.15, 0.2) is 0 Å². The van der Waals surface area contributed by atoms with Gasteiger partial charge in [0, 0.05) is 13.7 Å². The smallest absolute Gasteiger partial charge is 0.322 e. The van der Waals surface area contributed by atoms with E-state index in [1.807, 2.05) is 6.07 Å². The van der Waals surface area contributed by atoms with E-state index in [0.717, 1.165) is 0 Å². The summed E-state index contributed by atoms with van der Waals surface area (Å²) in [6.45, 7) is 1.09. The van der Waals surface area contributed by atoms with E-state index in [4.69, 9.17) is 19.2 Å². The van der Waals surface area contributed by atoms with Crippen molar-refractivity contribution in [2.45, 2.75) is 6.54 Å². The van der Waals surface area contributed by atoms with Gasteiger partial charge in [-0.15, -0.1) is 0 Å². The highest BCUT2D eigenvalue weighted by molar-refractivity contribution is 5.91. The van der Waals surface area contributed by atoms with Crippen LogP contribution in [0.25, 0.3) is 0 Å². The molecule has 2 rings (SSSR count). The average molecular weight is 329 g/mol. The van der Waals surface area contributed by atoms with Crippen LogP contribution in [0.15, 0.2) is 41.0 Å². The summed E-state index contributed by atoms with van der Waals surface area (Å²) >= 11 is 0. The fourth-order valence-corrected chi connectivity index (χ4v) is 2.11. The first kappa shape index (κ1) is 17.4. The molecule has 0 aliphatic rings. The molecule has 7 heteroatoms. The van der Waals surface area contributed by atoms with Crippen molar-refractivity contribution < 1.29 is 18.7 Å². The quantitative estimate of drug-likeness (QED) is 0.844. The largest absolute Gasteiger partial charge is 0.495 e. The number of carbonyl (C=O) groups excluding carboxylic acids is 1. The number of ether oxygens (including phenoxy) is 2. The van der Waals surface area contributed by atoms with Crippen LogP contribution in [-0.4, -0.2) is 38.3 Å². The lowest BCUT2D eigenvalue weighted by Gasteiger charge is -2.22. The van der Waals surface area contributed by atoms with E-state index in [1.54, 1.807) is 48.6 Å². The second-order valence-corrected chi connectivity index (χ2v) is 4.95. The Kier molecular flexibility index (Phi) is 6.23. The normalized spacial score (nSPS) is 10.0. The van der Waals surface area contributed by atoms with Gasteiger partial charge in [-0.05, 0) is 30.3 Å². The van der Waals surface area contributed by atoms with Gasteiger partial charge in [-0.25, -0.2) is 4.79 Å². The zero-order chi connectivity index (χ0) is 17.4. The zero-order valence-electron chi connectivity index (χ0n) is 13.6. The lowest BCUT2D eigenvalue weighted by Crippen LogP contribution is -2.36. The second kappa shape index (κ2) is 8.60. The van der Waals surface area contributed by atoms with Crippen LogP contribution in [0.5, 0.6) is 5.75 Å². The molecular formula is C17H19N3O4. The fourth-order valence-electron chi connectivity index (χ4n) is 2.11. The Bertz CT molecular complexity index is 707. The highest BCUT2D eigenvalue weighted by atomic mass is 16.5. The Hall–Kier alpha value is -2.98. The van der Waals surface area contributed by atoms with Crippen LogP contribution in [-0.2, 0) is 11.3 Å². The Morgan fingerprint density at radius 3 is 2.83 bits per heavy atom. The van der Waals surface area contributed by atoms with Gasteiger partial charge in [0.1, 0.15) is 11.5 Å². The first-order chi connectivity index (χ1) is 11.7. The van der Waals surface area contributed by atoms with E-state index >= 15 is 0 Å². The lowest BCUT2D eigenvalue weighted by atomic mass is 10.2. The van der Waals surface area contributed by atoms with E-state index in [0.29, 0.717) is 42.5 Å². The van der Waals surface area contributed by atoms with Crippen LogP contribution in [0.2, 0.25) is 0 Å². The lowest BCUT2D eigenvalue weighted by molar-refractivity contribution is 0.149. The van der Waals surface area contributed by atoms with Gasteiger partial charge in [0.25, 0.3) is 0 Å². The predicted molar refractivity (Wildman–Crippen MR) is 87.7 cm³/mol. The maximum Gasteiger partial charge on any atom is 0.322 e. The van der Waals surface area contributed by atoms with Crippen molar-refractivity contribution in [1.82, 2.24) is 4.90 Å². The molecule has 0 saturated carbocycles. The monoisotopic (exact) mass is 329 g/mol. The van der Waals surface area contributed by atoms with Crippen molar-refractivity contribution in [1.29, 1.82) is 5.26 Å². The van der Waals surface area contributed by atoms with Gasteiger partial charge in [0.2, 0.25) is 0 Å². The Labute approximate surface area is 140 Å². The first-order valence-electron chi connectivity index (χ1n) is 7.33. The molecule has 0 atom stereocenters. The Morgan fingerprint density at radius 1 is 1.38 bits per heavy atom. The van der Waals surface area contributed by atoms with Crippen LogP contribution in [0.1, 0.15) is 11.3 Å². The maximum absolute atomic E-state index is 12.6. The molecule has 0 radical (unpaired) electrons. The van der Waals surface area contributed by atoms with Crippen LogP contribution < -0.4 is 10.1 Å². The summed E-state index contributed by atoms with van der Waals surface area (Å²) in [5.74, 6) is 1.14. The van der Waals surface area contributed by atoms with Crippen molar-refractivity contribution in [3.05, 3.63) is 47.9 Å². The first-order valence-corrected chi connectivity index (χ1v) is 7.33. The SMILES string of the molecule is COCCN(Cc1ccco1)C(=O)Nc1cc(C#N)ccc1OC. The Morgan fingerprint density at radius 2 is 2.21 bits per heavy atom. The van der Waals surface area contributed by atoms with Gasteiger partial charge in [-0.2, -0.15) is 5.26 Å². The number of benzene rings is 1. The minimum Gasteiger partial charge on any atom is -0.495 e. The second-order valence-electron chi connectivity index (χ2n) is 4.95. The summed E-state index contributed by atoms with van der Waals surface area (Å²) in [5.41, 5.74) is 0.865. The van der Waals surface area contributed by atoms with Crippen LogP contribution in [0.4, 0.5) is 10.5 Å². The molecule has 0 saturated heterocycles. The van der Waals surface area contributed by atoms with Crippen molar-refractivity contribution in [2.75, 3.05) is 32.7 Å². The van der Waals surface area contributed by atoms with Gasteiger partial charge in [-0.3, -0.25) is 0 Å². The molecule has 1 N–H and O–H groups in total. The summed E-state index contributed by atoms with van der Waals surface area (Å²) in [6, 6.07) is 10.1. The molecule has 0 aliphatic carbocycles. The topological polar surface area (TPSA) is 87.7 Å². The fraction of sp³-hybridized carbons (Fsp3) is 0.294. The summed E-state index contributed by atoms with van der Waals surface area (Å²) < 4.78 is 15.6. The number of hydrogen-bond donors (Lipinski definition) is 1. The van der Waals surface area contributed by atoms with E-state index in [9.17, 15) is 4.79 Å². The molecule has 0 spiro atoms. The standard InChI is InChI=1S/C17H19N3O4/c1-22-9-7-20(12-14-4-3-8-24-14)17(21)19-15-10-13(11-18)5-6-16(15)23-2/h3-6,8,10H,7,9,12H2,1-2H3,(H,19,21). The van der Waals surface area contributed by atoms with Crippen molar-refractivity contribution in [2.24, 2.45) is 0 Å². The number of anilines is 1. The van der Waals surface area contributed by atoms with Crippen molar-refractivity contribution in [3.63, 3.8) is 0 Å². The molecule has 7 nitrogen and oxygen atoms in total. The molecule has 0 aliphatic heterocycles. The minimum atomic E-state index is -0.336. The molecule has 0 unspecified atom stereocenters. The number of nitriles is 1. The molecule has 1 heterocycles. The van der Waals surface area contributed by atoms with Crippen LogP contribution >= 0.6 is 0 Å². The zero-order valence-corrected chi connectivity index (χ0v) is 13.6. The van der Waals surface area contributed by atoms with Crippen molar-refractivity contribution >= 4 is 11.7 Å². The molecule has 2 amide bonds. The van der Waals surface area contributed by atoms with Gasteiger partial charge in [0.05, 0.1) is 43.8 Å². The number of rotatable bonds is 7. The number of amides is 2. The highest BCUT2D eigenvalue weighted by Crippen LogP contribution is 2.25. The number of hydrogen-bond acceptors (Lipinski definition) is 5. The molecular weight excluding hydrogens is 310 g/mol. The number of methoxy groups -OCH3 is 2. The molecule has 1 aromatic carbocycles. The summed E-state index contributed by atoms with van der Waals surface area (Å²) in [4.78, 5) is 14.1. The highest BCUT2D eigenvalue weighted by Gasteiger charge is 2.17. The van der Waals surface area contributed by atoms with Gasteiger partial charge in [-0.1, -0.05) is 0 Å². The summed E-state index contributed by atoms with van der Waals surface area (Å²) in [7, 11) is 3.07. The number of urea groups is 1. The Balaban J connectivity index is 2.15. The van der Waals surface area contributed by atoms with Crippen LogP contribution in [0, 0.1) is 11.3 Å². The predicted octanol–water partition coefficient (Wildman–Crippen LogP) is 2.84. The van der Waals surface area contributed by atoms with Gasteiger partial charge < -0.3 is 24.1 Å². The molecule has 0 bridgehead atoms. The van der Waals surface area contributed by atoms with Gasteiger partial charge >= 0.3 is 6.03 Å². The average Bonchev–Trinajstić information content (AvgIpc) is 3.11.